The fourth-order valence-electron chi connectivity index (χ4n) is 5.15. The Bertz CT molecular complexity index is 1390. The number of benzene rings is 1. The van der Waals surface area contributed by atoms with Crippen molar-refractivity contribution >= 4 is 41.3 Å². The second kappa shape index (κ2) is 15.1. The van der Waals surface area contributed by atoms with Gasteiger partial charge in [0.05, 0.1) is 19.6 Å². The largest absolute Gasteiger partial charge is 0.508 e. The van der Waals surface area contributed by atoms with Gasteiger partial charge in [-0.3, -0.25) is 28.7 Å². The zero-order chi connectivity index (χ0) is 34.3. The summed E-state index contributed by atoms with van der Waals surface area (Å²) in [5.41, 5.74) is 1.26. The number of fused-ring (bicyclic) bond motifs is 1. The minimum atomic E-state index is -2.48. The lowest BCUT2D eigenvalue weighted by Gasteiger charge is -2.49. The van der Waals surface area contributed by atoms with Crippen LogP contribution in [0.4, 0.5) is 0 Å². The van der Waals surface area contributed by atoms with Crippen LogP contribution in [0.3, 0.4) is 0 Å². The third kappa shape index (κ3) is 8.94. The Hall–Kier alpha value is -4.70. The SMILES string of the molecule is COC(=O)[C@@]1(O[C@@H]2C=C(C)c3ccc(O)cc3O2)C[C@H](OC(C)=O)[C@H](NC(C)=O)[C@H]([C@H](OC(C)=O)[C@@H](COC(C)=O)OC(C)=O)O1. The predicted molar refractivity (Wildman–Crippen MR) is 152 cm³/mol. The highest BCUT2D eigenvalue weighted by Gasteiger charge is 2.60. The zero-order valence-electron chi connectivity index (χ0n) is 26.4. The van der Waals surface area contributed by atoms with E-state index < -0.39 is 91.3 Å². The number of carbonyl (C=O) groups is 6. The van der Waals surface area contributed by atoms with Crippen LogP contribution in [0.5, 0.6) is 11.5 Å². The molecule has 2 aliphatic rings. The predicted octanol–water partition coefficient (Wildman–Crippen LogP) is 1.05. The number of amides is 1. The Morgan fingerprint density at radius 3 is 2.24 bits per heavy atom. The second-order valence-electron chi connectivity index (χ2n) is 10.6. The molecule has 0 spiro atoms. The van der Waals surface area contributed by atoms with Crippen molar-refractivity contribution in [2.24, 2.45) is 0 Å². The number of hydrogen-bond donors (Lipinski definition) is 2. The number of esters is 5. The van der Waals surface area contributed by atoms with Crippen molar-refractivity contribution in [3.63, 3.8) is 0 Å². The summed E-state index contributed by atoms with van der Waals surface area (Å²) in [6.07, 6.45) is -6.78. The van der Waals surface area contributed by atoms with E-state index >= 15 is 0 Å². The fraction of sp³-hybridized carbons (Fsp3) is 0.533. The standard InChI is InChI=1S/C30H37NO15/c1-14-10-25(44-22-11-20(37)8-9-21(14)22)45-30(29(38)39-7)12-23(41-17(4)34)26(31-15(2)32)28(46-30)27(43-19(6)36)24(42-18(5)35)13-40-16(3)33/h8-11,23-28,37H,12-13H2,1-7H3,(H,31,32)/t23-,24+,25+,26-,27+,28+,30+/m0/s1. The number of allylic oxidation sites excluding steroid dienone is 1. The molecule has 1 saturated heterocycles. The fourth-order valence-corrected chi connectivity index (χ4v) is 5.15. The minimum Gasteiger partial charge on any atom is -0.508 e. The van der Waals surface area contributed by atoms with Crippen LogP contribution in [0.25, 0.3) is 5.57 Å². The van der Waals surface area contributed by atoms with E-state index in [1.807, 2.05) is 0 Å². The second-order valence-corrected chi connectivity index (χ2v) is 10.6. The third-order valence-electron chi connectivity index (χ3n) is 6.82. The molecule has 3 rings (SSSR count). The Balaban J connectivity index is 2.20. The highest BCUT2D eigenvalue weighted by Crippen LogP contribution is 2.41. The van der Waals surface area contributed by atoms with E-state index in [2.05, 4.69) is 5.32 Å². The van der Waals surface area contributed by atoms with Crippen LogP contribution < -0.4 is 10.1 Å². The average Bonchev–Trinajstić information content (AvgIpc) is 2.93. The van der Waals surface area contributed by atoms with E-state index in [9.17, 15) is 33.9 Å². The molecule has 2 aliphatic heterocycles. The zero-order valence-corrected chi connectivity index (χ0v) is 26.4. The van der Waals surface area contributed by atoms with Gasteiger partial charge in [-0.05, 0) is 30.7 Å². The molecule has 1 fully saturated rings. The first-order chi connectivity index (χ1) is 21.5. The molecule has 2 N–H and O–H groups in total. The molecule has 2 heterocycles. The van der Waals surface area contributed by atoms with Gasteiger partial charge in [0, 0.05) is 46.2 Å². The quantitative estimate of drug-likeness (QED) is 0.253. The van der Waals surface area contributed by atoms with Crippen molar-refractivity contribution in [1.82, 2.24) is 5.32 Å². The van der Waals surface area contributed by atoms with Gasteiger partial charge in [0.2, 0.25) is 12.2 Å². The Labute approximate surface area is 264 Å². The summed E-state index contributed by atoms with van der Waals surface area (Å²) >= 11 is 0. The molecule has 16 heteroatoms. The molecule has 252 valence electrons. The number of rotatable bonds is 11. The minimum absolute atomic E-state index is 0.106. The van der Waals surface area contributed by atoms with Crippen molar-refractivity contribution in [2.75, 3.05) is 13.7 Å². The highest BCUT2D eigenvalue weighted by atomic mass is 16.8. The number of carbonyl (C=O) groups excluding carboxylic acids is 6. The molecule has 1 aromatic carbocycles. The van der Waals surface area contributed by atoms with E-state index in [1.165, 1.54) is 18.2 Å². The van der Waals surface area contributed by atoms with Crippen LogP contribution in [0, 0.1) is 0 Å². The molecule has 0 aliphatic carbocycles. The van der Waals surface area contributed by atoms with E-state index in [1.54, 1.807) is 13.0 Å². The van der Waals surface area contributed by atoms with Gasteiger partial charge in [0.1, 0.15) is 30.3 Å². The lowest BCUT2D eigenvalue weighted by molar-refractivity contribution is -0.336. The summed E-state index contributed by atoms with van der Waals surface area (Å²) in [4.78, 5) is 74.5. The van der Waals surface area contributed by atoms with E-state index in [-0.39, 0.29) is 11.5 Å². The lowest BCUT2D eigenvalue weighted by atomic mass is 9.88. The van der Waals surface area contributed by atoms with Crippen molar-refractivity contribution in [1.29, 1.82) is 0 Å². The third-order valence-corrected chi connectivity index (χ3v) is 6.82. The topological polar surface area (TPSA) is 209 Å². The van der Waals surface area contributed by atoms with Crippen LogP contribution >= 0.6 is 0 Å². The van der Waals surface area contributed by atoms with Gasteiger partial charge in [-0.15, -0.1) is 0 Å². The number of aromatic hydroxyl groups is 1. The van der Waals surface area contributed by atoms with Crippen LogP contribution in [0.15, 0.2) is 24.3 Å². The first-order valence-corrected chi connectivity index (χ1v) is 14.1. The van der Waals surface area contributed by atoms with Crippen molar-refractivity contribution in [3.05, 3.63) is 29.8 Å². The van der Waals surface area contributed by atoms with Crippen LogP contribution in [-0.2, 0) is 61.9 Å². The number of hydrogen-bond acceptors (Lipinski definition) is 15. The van der Waals surface area contributed by atoms with Gasteiger partial charge in [-0.25, -0.2) is 4.79 Å². The number of ether oxygens (including phenoxy) is 8. The summed E-state index contributed by atoms with van der Waals surface area (Å²) in [6.45, 7) is 6.50. The molecule has 7 atom stereocenters. The summed E-state index contributed by atoms with van der Waals surface area (Å²) < 4.78 is 44.8. The molecule has 1 aromatic rings. The maximum atomic E-state index is 13.6. The first-order valence-electron chi connectivity index (χ1n) is 14.1. The molecule has 0 saturated carbocycles. The van der Waals surface area contributed by atoms with Crippen LogP contribution in [-0.4, -0.2) is 97.1 Å². The van der Waals surface area contributed by atoms with E-state index in [0.717, 1.165) is 41.7 Å². The molecule has 1 amide bonds. The van der Waals surface area contributed by atoms with Crippen molar-refractivity contribution in [2.45, 2.75) is 90.5 Å². The van der Waals surface area contributed by atoms with Gasteiger partial charge in [0.15, 0.2) is 12.2 Å². The highest BCUT2D eigenvalue weighted by molar-refractivity contribution is 5.79. The first kappa shape index (κ1) is 35.8. The van der Waals surface area contributed by atoms with Gasteiger partial charge in [-0.1, -0.05) is 0 Å². The summed E-state index contributed by atoms with van der Waals surface area (Å²) in [6, 6.07) is 3.06. The van der Waals surface area contributed by atoms with Crippen molar-refractivity contribution in [3.8, 4) is 11.5 Å². The summed E-state index contributed by atoms with van der Waals surface area (Å²) in [5, 5.41) is 12.6. The van der Waals surface area contributed by atoms with Gasteiger partial charge in [0.25, 0.3) is 5.79 Å². The molecule has 0 bridgehead atoms. The summed E-state index contributed by atoms with van der Waals surface area (Å²) in [7, 11) is 1.04. The lowest BCUT2D eigenvalue weighted by Crippen LogP contribution is -2.69. The maximum Gasteiger partial charge on any atom is 0.366 e. The maximum absolute atomic E-state index is 13.6. The smallest absolute Gasteiger partial charge is 0.366 e. The van der Waals surface area contributed by atoms with Crippen molar-refractivity contribution < 1.29 is 71.8 Å². The molecule has 46 heavy (non-hydrogen) atoms. The number of phenolic OH excluding ortho intramolecular Hbond substituents is 1. The van der Waals surface area contributed by atoms with Gasteiger partial charge in [-0.2, -0.15) is 0 Å². The number of methoxy groups -OCH3 is 1. The van der Waals surface area contributed by atoms with Crippen LogP contribution in [0.1, 0.15) is 53.5 Å². The van der Waals surface area contributed by atoms with Gasteiger partial charge >= 0.3 is 29.8 Å². The Kier molecular flexibility index (Phi) is 11.7. The van der Waals surface area contributed by atoms with Gasteiger partial charge < -0.3 is 43.6 Å². The molecule has 0 aromatic heterocycles. The number of nitrogens with one attached hydrogen (secondary N) is 1. The monoisotopic (exact) mass is 651 g/mol. The normalized spacial score (nSPS) is 24.8. The average molecular weight is 652 g/mol. The summed E-state index contributed by atoms with van der Waals surface area (Å²) in [5.74, 6) is -7.54. The Morgan fingerprint density at radius 1 is 1.00 bits per heavy atom. The molecule has 0 radical (unpaired) electrons. The van der Waals surface area contributed by atoms with E-state index in [4.69, 9.17) is 37.9 Å². The Morgan fingerprint density at radius 2 is 1.67 bits per heavy atom. The van der Waals surface area contributed by atoms with Crippen LogP contribution in [0.2, 0.25) is 0 Å². The van der Waals surface area contributed by atoms with E-state index in [0.29, 0.717) is 11.1 Å². The number of phenols is 1. The molecule has 0 unspecified atom stereocenters. The molecular formula is C30H37NO15. The molecule has 16 nitrogen and oxygen atoms in total. The molecular weight excluding hydrogens is 614 g/mol.